The normalized spacial score (nSPS) is 37.6. The molecule has 3 atom stereocenters. The molecule has 0 spiro atoms. The van der Waals surface area contributed by atoms with Crippen LogP contribution in [0, 0.1) is 5.92 Å². The summed E-state index contributed by atoms with van der Waals surface area (Å²) in [6.45, 7) is 0.657. The molecule has 1 N–H and O–H groups in total. The van der Waals surface area contributed by atoms with Crippen LogP contribution < -0.4 is 5.32 Å². The van der Waals surface area contributed by atoms with Crippen molar-refractivity contribution < 1.29 is 9.59 Å². The maximum absolute atomic E-state index is 12.9. The third-order valence-electron chi connectivity index (χ3n) is 6.62. The van der Waals surface area contributed by atoms with E-state index in [4.69, 9.17) is 0 Å². The first kappa shape index (κ1) is 15.4. The first-order valence-corrected chi connectivity index (χ1v) is 9.44. The van der Waals surface area contributed by atoms with Crippen LogP contribution in [0.25, 0.3) is 0 Å². The molecule has 5 nitrogen and oxygen atoms in total. The smallest absolute Gasteiger partial charge is 0.227 e. The predicted molar refractivity (Wildman–Crippen MR) is 87.8 cm³/mol. The molecule has 3 saturated heterocycles. The van der Waals surface area contributed by atoms with E-state index in [0.717, 1.165) is 25.7 Å². The second-order valence-corrected chi connectivity index (χ2v) is 8.10. The molecule has 2 bridgehead atoms. The third-order valence-corrected chi connectivity index (χ3v) is 6.62. The number of amides is 2. The van der Waals surface area contributed by atoms with Gasteiger partial charge in [-0.05, 0) is 38.5 Å². The number of piperidine rings is 1. The molecule has 1 aliphatic carbocycles. The fraction of sp³-hybridized carbons (Fsp3) is 0.889. The Hall–Kier alpha value is -1.10. The summed E-state index contributed by atoms with van der Waals surface area (Å²) < 4.78 is 0. The van der Waals surface area contributed by atoms with Gasteiger partial charge in [0, 0.05) is 44.2 Å². The van der Waals surface area contributed by atoms with Gasteiger partial charge in [0.1, 0.15) is 0 Å². The molecule has 23 heavy (non-hydrogen) atoms. The van der Waals surface area contributed by atoms with Crippen molar-refractivity contribution in [2.45, 2.75) is 82.0 Å². The maximum Gasteiger partial charge on any atom is 0.227 e. The second kappa shape index (κ2) is 6.08. The van der Waals surface area contributed by atoms with Crippen LogP contribution in [0.4, 0.5) is 0 Å². The number of carbonyl (C=O) groups excluding carboxylic acids is 2. The van der Waals surface area contributed by atoms with E-state index in [2.05, 4.69) is 5.32 Å². The van der Waals surface area contributed by atoms with Gasteiger partial charge in [0.25, 0.3) is 0 Å². The Morgan fingerprint density at radius 1 is 1.13 bits per heavy atom. The first-order chi connectivity index (χ1) is 11.1. The lowest BCUT2D eigenvalue weighted by atomic mass is 9.97. The second-order valence-electron chi connectivity index (χ2n) is 8.10. The molecule has 0 aromatic carbocycles. The Balaban J connectivity index is 1.38. The van der Waals surface area contributed by atoms with Crippen molar-refractivity contribution in [3.63, 3.8) is 0 Å². The summed E-state index contributed by atoms with van der Waals surface area (Å²) in [6, 6.07) is 1.95. The standard InChI is InChI=1S/C18H29N3O2/c1-20(16-9-13-6-7-14(10-16)19-13)18(23)12-8-17(22)21(11-12)15-4-2-3-5-15/h12-16,19H,2-11H2,1H3. The fourth-order valence-corrected chi connectivity index (χ4v) is 5.28. The third kappa shape index (κ3) is 2.88. The van der Waals surface area contributed by atoms with Gasteiger partial charge in [-0.1, -0.05) is 12.8 Å². The summed E-state index contributed by atoms with van der Waals surface area (Å²) in [6.07, 6.45) is 9.78. The highest BCUT2D eigenvalue weighted by Gasteiger charge is 2.42. The number of hydrogen-bond acceptors (Lipinski definition) is 3. The highest BCUT2D eigenvalue weighted by molar-refractivity contribution is 5.89. The van der Waals surface area contributed by atoms with Crippen molar-refractivity contribution in [3.05, 3.63) is 0 Å². The van der Waals surface area contributed by atoms with Crippen LogP contribution in [-0.2, 0) is 9.59 Å². The van der Waals surface area contributed by atoms with Crippen molar-refractivity contribution in [3.8, 4) is 0 Å². The number of nitrogens with zero attached hydrogens (tertiary/aromatic N) is 2. The quantitative estimate of drug-likeness (QED) is 0.858. The monoisotopic (exact) mass is 319 g/mol. The largest absolute Gasteiger partial charge is 0.342 e. The maximum atomic E-state index is 12.9. The lowest BCUT2D eigenvalue weighted by Crippen LogP contribution is -2.50. The highest BCUT2D eigenvalue weighted by Crippen LogP contribution is 2.33. The van der Waals surface area contributed by atoms with E-state index in [9.17, 15) is 9.59 Å². The minimum atomic E-state index is -0.111. The molecule has 4 fully saturated rings. The van der Waals surface area contributed by atoms with E-state index < -0.39 is 0 Å². The Bertz CT molecular complexity index is 477. The number of carbonyl (C=O) groups is 2. The summed E-state index contributed by atoms with van der Waals surface area (Å²) >= 11 is 0. The molecule has 2 amide bonds. The van der Waals surface area contributed by atoms with Gasteiger partial charge in [-0.25, -0.2) is 0 Å². The topological polar surface area (TPSA) is 52.7 Å². The van der Waals surface area contributed by atoms with Crippen molar-refractivity contribution >= 4 is 11.8 Å². The molecule has 0 aromatic heterocycles. The van der Waals surface area contributed by atoms with Gasteiger partial charge in [-0.3, -0.25) is 9.59 Å². The van der Waals surface area contributed by atoms with Crippen LogP contribution in [0.15, 0.2) is 0 Å². The molecule has 4 aliphatic rings. The molecule has 5 heteroatoms. The van der Waals surface area contributed by atoms with Crippen LogP contribution in [0.3, 0.4) is 0 Å². The zero-order valence-electron chi connectivity index (χ0n) is 14.2. The Morgan fingerprint density at radius 2 is 1.78 bits per heavy atom. The molecule has 3 unspecified atom stereocenters. The number of hydrogen-bond donors (Lipinski definition) is 1. The lowest BCUT2D eigenvalue weighted by molar-refractivity contribution is -0.137. The predicted octanol–water partition coefficient (Wildman–Crippen LogP) is 1.52. The lowest BCUT2D eigenvalue weighted by Gasteiger charge is -2.36. The number of rotatable bonds is 3. The zero-order chi connectivity index (χ0) is 16.0. The van der Waals surface area contributed by atoms with Gasteiger partial charge in [0.2, 0.25) is 11.8 Å². The number of fused-ring (bicyclic) bond motifs is 2. The van der Waals surface area contributed by atoms with Gasteiger partial charge in [0.05, 0.1) is 5.92 Å². The van der Waals surface area contributed by atoms with Crippen LogP contribution >= 0.6 is 0 Å². The van der Waals surface area contributed by atoms with E-state index in [0.29, 0.717) is 37.1 Å². The molecular formula is C18H29N3O2. The van der Waals surface area contributed by atoms with Gasteiger partial charge in [0.15, 0.2) is 0 Å². The minimum Gasteiger partial charge on any atom is -0.342 e. The Kier molecular flexibility index (Phi) is 4.08. The molecule has 3 heterocycles. The molecule has 1 saturated carbocycles. The van der Waals surface area contributed by atoms with Crippen molar-refractivity contribution in [1.82, 2.24) is 15.1 Å². The highest BCUT2D eigenvalue weighted by atomic mass is 16.2. The Labute approximate surface area is 138 Å². The molecule has 0 radical (unpaired) electrons. The van der Waals surface area contributed by atoms with E-state index in [1.165, 1.54) is 25.7 Å². The van der Waals surface area contributed by atoms with Crippen molar-refractivity contribution in [2.75, 3.05) is 13.6 Å². The van der Waals surface area contributed by atoms with E-state index in [1.54, 1.807) is 0 Å². The van der Waals surface area contributed by atoms with Gasteiger partial charge in [-0.2, -0.15) is 0 Å². The average molecular weight is 319 g/mol. The summed E-state index contributed by atoms with van der Waals surface area (Å²) in [5.41, 5.74) is 0. The summed E-state index contributed by atoms with van der Waals surface area (Å²) in [5.74, 6) is 0.291. The van der Waals surface area contributed by atoms with Gasteiger partial charge < -0.3 is 15.1 Å². The molecule has 0 aromatic rings. The number of nitrogens with one attached hydrogen (secondary N) is 1. The number of likely N-dealkylation sites (tertiary alicyclic amines) is 1. The minimum absolute atomic E-state index is 0.111. The van der Waals surface area contributed by atoms with E-state index in [1.807, 2.05) is 16.8 Å². The Morgan fingerprint density at radius 3 is 2.43 bits per heavy atom. The zero-order valence-corrected chi connectivity index (χ0v) is 14.2. The van der Waals surface area contributed by atoms with Gasteiger partial charge in [-0.15, -0.1) is 0 Å². The van der Waals surface area contributed by atoms with Crippen LogP contribution in [0.2, 0.25) is 0 Å². The summed E-state index contributed by atoms with van der Waals surface area (Å²) in [5, 5.41) is 3.63. The SMILES string of the molecule is CN(C(=O)C1CC(=O)N(C2CCCC2)C1)C1CC2CCC(C1)N2. The van der Waals surface area contributed by atoms with E-state index in [-0.39, 0.29) is 17.7 Å². The van der Waals surface area contributed by atoms with Crippen LogP contribution in [-0.4, -0.2) is 59.4 Å². The molecular weight excluding hydrogens is 290 g/mol. The van der Waals surface area contributed by atoms with Crippen LogP contribution in [0.1, 0.15) is 57.8 Å². The molecule has 3 aliphatic heterocycles. The molecule has 4 rings (SSSR count). The molecule has 128 valence electrons. The fourth-order valence-electron chi connectivity index (χ4n) is 5.28. The van der Waals surface area contributed by atoms with Crippen LogP contribution in [0.5, 0.6) is 0 Å². The van der Waals surface area contributed by atoms with Crippen molar-refractivity contribution in [1.29, 1.82) is 0 Å². The summed E-state index contributed by atoms with van der Waals surface area (Å²) in [4.78, 5) is 29.2. The summed E-state index contributed by atoms with van der Waals surface area (Å²) in [7, 11) is 1.96. The average Bonchev–Trinajstić information content (AvgIpc) is 3.26. The van der Waals surface area contributed by atoms with Crippen molar-refractivity contribution in [2.24, 2.45) is 5.92 Å². The first-order valence-electron chi connectivity index (χ1n) is 9.44. The van der Waals surface area contributed by atoms with Gasteiger partial charge >= 0.3 is 0 Å². The van der Waals surface area contributed by atoms with E-state index >= 15 is 0 Å².